The van der Waals surface area contributed by atoms with Crippen molar-refractivity contribution in [2.24, 2.45) is 0 Å². The molecule has 116 valence electrons. The monoisotopic (exact) mass is 301 g/mol. The van der Waals surface area contributed by atoms with Crippen LogP contribution in [-0.2, 0) is 11.2 Å². The summed E-state index contributed by atoms with van der Waals surface area (Å²) in [5, 5.41) is 14.1. The average molecular weight is 301 g/mol. The molecule has 0 spiro atoms. The molecule has 0 bridgehead atoms. The maximum absolute atomic E-state index is 12.6. The SMILES string of the molecule is O=C([C@@H](O)Cc1ccccc1)N1CCCC[C@@H]1c1ncon1. The number of hydrogen-bond acceptors (Lipinski definition) is 5. The van der Waals surface area contributed by atoms with Crippen LogP contribution >= 0.6 is 0 Å². The van der Waals surface area contributed by atoms with Crippen molar-refractivity contribution >= 4 is 5.91 Å². The van der Waals surface area contributed by atoms with Gasteiger partial charge in [-0.05, 0) is 24.8 Å². The third-order valence-corrected chi connectivity index (χ3v) is 4.02. The van der Waals surface area contributed by atoms with Gasteiger partial charge in [-0.3, -0.25) is 4.79 Å². The molecule has 0 saturated carbocycles. The third kappa shape index (κ3) is 3.17. The molecule has 6 nitrogen and oxygen atoms in total. The average Bonchev–Trinajstić information content (AvgIpc) is 3.09. The van der Waals surface area contributed by atoms with Gasteiger partial charge in [0.25, 0.3) is 5.91 Å². The summed E-state index contributed by atoms with van der Waals surface area (Å²) >= 11 is 0. The van der Waals surface area contributed by atoms with Gasteiger partial charge in [0.1, 0.15) is 6.10 Å². The van der Waals surface area contributed by atoms with E-state index >= 15 is 0 Å². The molecule has 1 amide bonds. The first-order chi connectivity index (χ1) is 10.8. The fourth-order valence-electron chi connectivity index (χ4n) is 2.91. The molecule has 1 aliphatic rings. The highest BCUT2D eigenvalue weighted by atomic mass is 16.5. The van der Waals surface area contributed by atoms with E-state index in [1.54, 1.807) is 4.90 Å². The lowest BCUT2D eigenvalue weighted by Gasteiger charge is -2.35. The second-order valence-electron chi connectivity index (χ2n) is 5.54. The summed E-state index contributed by atoms with van der Waals surface area (Å²) in [4.78, 5) is 18.3. The Labute approximate surface area is 128 Å². The molecule has 1 N–H and O–H groups in total. The number of hydrogen-bond donors (Lipinski definition) is 1. The van der Waals surface area contributed by atoms with E-state index in [0.717, 1.165) is 24.8 Å². The lowest BCUT2D eigenvalue weighted by molar-refractivity contribution is -0.144. The number of carbonyl (C=O) groups excluding carboxylic acids is 1. The normalized spacial score (nSPS) is 19.9. The Morgan fingerprint density at radius 3 is 2.91 bits per heavy atom. The molecule has 0 aliphatic carbocycles. The summed E-state index contributed by atoms with van der Waals surface area (Å²) in [6.45, 7) is 0.615. The van der Waals surface area contributed by atoms with E-state index in [-0.39, 0.29) is 11.9 Å². The van der Waals surface area contributed by atoms with Crippen LogP contribution in [0.15, 0.2) is 41.2 Å². The number of likely N-dealkylation sites (tertiary alicyclic amines) is 1. The Morgan fingerprint density at radius 2 is 2.18 bits per heavy atom. The fourth-order valence-corrected chi connectivity index (χ4v) is 2.91. The van der Waals surface area contributed by atoms with Crippen molar-refractivity contribution in [2.75, 3.05) is 6.54 Å². The number of aliphatic hydroxyl groups excluding tert-OH is 1. The standard InChI is InChI=1S/C16H19N3O3/c20-14(10-12-6-2-1-3-7-12)16(21)19-9-5-4-8-13(19)15-17-11-22-18-15/h1-3,6-7,11,13-14,20H,4-5,8-10H2/t13-,14+/m1/s1. The van der Waals surface area contributed by atoms with Crippen LogP contribution in [0.1, 0.15) is 36.7 Å². The second-order valence-corrected chi connectivity index (χ2v) is 5.54. The number of aromatic nitrogens is 2. The van der Waals surface area contributed by atoms with Gasteiger partial charge in [-0.1, -0.05) is 35.5 Å². The minimum absolute atomic E-state index is 0.203. The smallest absolute Gasteiger partial charge is 0.252 e. The van der Waals surface area contributed by atoms with E-state index in [1.807, 2.05) is 30.3 Å². The van der Waals surface area contributed by atoms with Gasteiger partial charge in [0, 0.05) is 13.0 Å². The summed E-state index contributed by atoms with van der Waals surface area (Å²) in [6, 6.07) is 9.32. The second kappa shape index (κ2) is 6.70. The molecule has 0 radical (unpaired) electrons. The van der Waals surface area contributed by atoms with Crippen molar-refractivity contribution in [1.29, 1.82) is 0 Å². The maximum atomic E-state index is 12.6. The lowest BCUT2D eigenvalue weighted by Crippen LogP contribution is -2.45. The highest BCUT2D eigenvalue weighted by molar-refractivity contribution is 5.81. The molecule has 22 heavy (non-hydrogen) atoms. The maximum Gasteiger partial charge on any atom is 0.252 e. The van der Waals surface area contributed by atoms with Crippen LogP contribution in [0.4, 0.5) is 0 Å². The number of rotatable bonds is 4. The van der Waals surface area contributed by atoms with Crippen molar-refractivity contribution < 1.29 is 14.4 Å². The molecule has 1 saturated heterocycles. The van der Waals surface area contributed by atoms with Gasteiger partial charge in [-0.15, -0.1) is 0 Å². The first-order valence-electron chi connectivity index (χ1n) is 7.54. The zero-order valence-electron chi connectivity index (χ0n) is 12.3. The highest BCUT2D eigenvalue weighted by Crippen LogP contribution is 2.29. The predicted molar refractivity (Wildman–Crippen MR) is 78.8 cm³/mol. The first-order valence-corrected chi connectivity index (χ1v) is 7.54. The molecule has 3 rings (SSSR count). The van der Waals surface area contributed by atoms with Crippen LogP contribution in [0.3, 0.4) is 0 Å². The van der Waals surface area contributed by atoms with Gasteiger partial charge in [-0.2, -0.15) is 4.98 Å². The predicted octanol–water partition coefficient (Wildman–Crippen LogP) is 1.73. The minimum Gasteiger partial charge on any atom is -0.383 e. The molecule has 2 aromatic rings. The number of aliphatic hydroxyl groups is 1. The molecule has 1 aromatic heterocycles. The van der Waals surface area contributed by atoms with Gasteiger partial charge in [0.2, 0.25) is 6.39 Å². The van der Waals surface area contributed by atoms with Crippen molar-refractivity contribution in [3.63, 3.8) is 0 Å². The lowest BCUT2D eigenvalue weighted by atomic mass is 9.99. The zero-order valence-corrected chi connectivity index (χ0v) is 12.3. The molecule has 6 heteroatoms. The number of nitrogens with zero attached hydrogens (tertiary/aromatic N) is 3. The van der Waals surface area contributed by atoms with Crippen LogP contribution in [-0.4, -0.2) is 38.7 Å². The molecule has 1 aliphatic heterocycles. The van der Waals surface area contributed by atoms with Gasteiger partial charge >= 0.3 is 0 Å². The molecular weight excluding hydrogens is 282 g/mol. The summed E-state index contributed by atoms with van der Waals surface area (Å²) in [5.74, 6) is 0.248. The Bertz CT molecular complexity index is 600. The van der Waals surface area contributed by atoms with Crippen molar-refractivity contribution in [3.8, 4) is 0 Å². The number of carbonyl (C=O) groups is 1. The minimum atomic E-state index is -1.05. The third-order valence-electron chi connectivity index (χ3n) is 4.02. The molecule has 2 atom stereocenters. The zero-order chi connectivity index (χ0) is 15.4. The Hall–Kier alpha value is -2.21. The van der Waals surface area contributed by atoms with E-state index in [2.05, 4.69) is 10.1 Å². The fraction of sp³-hybridized carbons (Fsp3) is 0.438. The molecule has 1 fully saturated rings. The topological polar surface area (TPSA) is 79.5 Å². The van der Waals surface area contributed by atoms with Gasteiger partial charge < -0.3 is 14.5 Å². The van der Waals surface area contributed by atoms with E-state index in [9.17, 15) is 9.90 Å². The number of piperidine rings is 1. The van der Waals surface area contributed by atoms with Crippen molar-refractivity contribution in [3.05, 3.63) is 48.1 Å². The van der Waals surface area contributed by atoms with Gasteiger partial charge in [0.15, 0.2) is 5.82 Å². The van der Waals surface area contributed by atoms with E-state index in [4.69, 9.17) is 4.52 Å². The summed E-state index contributed by atoms with van der Waals surface area (Å²) in [7, 11) is 0. The van der Waals surface area contributed by atoms with Crippen molar-refractivity contribution in [1.82, 2.24) is 15.0 Å². The number of benzene rings is 1. The quantitative estimate of drug-likeness (QED) is 0.930. The Balaban J connectivity index is 1.71. The van der Waals surface area contributed by atoms with Crippen LogP contribution in [0.2, 0.25) is 0 Å². The summed E-state index contributed by atoms with van der Waals surface area (Å²) < 4.78 is 4.79. The van der Waals surface area contributed by atoms with Crippen LogP contribution < -0.4 is 0 Å². The van der Waals surface area contributed by atoms with Gasteiger partial charge in [0.05, 0.1) is 6.04 Å². The highest BCUT2D eigenvalue weighted by Gasteiger charge is 2.33. The van der Waals surface area contributed by atoms with E-state index in [1.165, 1.54) is 6.39 Å². The van der Waals surface area contributed by atoms with Gasteiger partial charge in [-0.25, -0.2) is 0 Å². The Kier molecular flexibility index (Phi) is 4.48. The van der Waals surface area contributed by atoms with Crippen LogP contribution in [0, 0.1) is 0 Å². The molecule has 0 unspecified atom stereocenters. The van der Waals surface area contributed by atoms with Crippen LogP contribution in [0.5, 0.6) is 0 Å². The molecule has 1 aromatic carbocycles. The van der Waals surface area contributed by atoms with Crippen molar-refractivity contribution in [2.45, 2.75) is 37.8 Å². The summed E-state index contributed by atoms with van der Waals surface area (Å²) in [5.41, 5.74) is 0.941. The first kappa shape index (κ1) is 14.7. The van der Waals surface area contributed by atoms with E-state index in [0.29, 0.717) is 18.8 Å². The summed E-state index contributed by atoms with van der Waals surface area (Å²) in [6.07, 6.45) is 3.27. The van der Waals surface area contributed by atoms with E-state index < -0.39 is 6.10 Å². The van der Waals surface area contributed by atoms with Crippen LogP contribution in [0.25, 0.3) is 0 Å². The molecule has 2 heterocycles. The molecular formula is C16H19N3O3. The number of amides is 1. The Morgan fingerprint density at radius 1 is 1.36 bits per heavy atom. The largest absolute Gasteiger partial charge is 0.383 e.